The molecule has 0 radical (unpaired) electrons. The van der Waals surface area contributed by atoms with Gasteiger partial charge in [0.25, 0.3) is 0 Å². The highest BCUT2D eigenvalue weighted by Crippen LogP contribution is 2.55. The summed E-state index contributed by atoms with van der Waals surface area (Å²) in [7, 11) is -4.71. The van der Waals surface area contributed by atoms with Gasteiger partial charge in [-0.1, -0.05) is 212 Å². The molecule has 0 aliphatic carbocycles. The summed E-state index contributed by atoms with van der Waals surface area (Å²) in [6, 6.07) is 71.0. The summed E-state index contributed by atoms with van der Waals surface area (Å²) < 4.78 is 119. The molecule has 39 heteroatoms. The molecule has 0 bridgehead atoms. The number of phenols is 3. The van der Waals surface area contributed by atoms with Gasteiger partial charge >= 0.3 is 59.1 Å². The Morgan fingerprint density at radius 1 is 0.395 bits per heavy atom. The van der Waals surface area contributed by atoms with Crippen LogP contribution in [0.1, 0.15) is 100 Å². The molecular weight excluding hydrogens is 1930 g/mol. The summed E-state index contributed by atoms with van der Waals surface area (Å²) in [5.41, 5.74) is 9.38. The minimum atomic E-state index is -3.35. The van der Waals surface area contributed by atoms with E-state index in [0.29, 0.717) is 73.2 Å². The third-order valence-corrected chi connectivity index (χ3v) is 24.0. The van der Waals surface area contributed by atoms with Crippen LogP contribution in [0.5, 0.6) is 40.2 Å². The number of benzene rings is 9. The molecule has 28 nitrogen and oxygen atoms in total. The number of carbonyl (C=O) groups excluding carboxylic acids is 5. The number of phenolic OH excluding ortho intramolecular Hbond substituents is 3. The van der Waals surface area contributed by atoms with E-state index in [-0.39, 0.29) is 53.3 Å². The number of para-hydroxylation sites is 4. The number of unbranched alkanes of at least 4 members (excludes halogenated alkanes) is 2. The van der Waals surface area contributed by atoms with Crippen LogP contribution in [-0.4, -0.2) is 166 Å². The number of hydrogen-bond acceptors (Lipinski definition) is 24. The van der Waals surface area contributed by atoms with E-state index in [9.17, 15) is 61.6 Å². The maximum Gasteiger partial charge on any atom is 0.333 e. The zero-order valence-electron chi connectivity index (χ0n) is 74.7. The van der Waals surface area contributed by atoms with Gasteiger partial charge in [0.05, 0.1) is 33.0 Å². The van der Waals surface area contributed by atoms with Crippen LogP contribution in [0.3, 0.4) is 0 Å². The molecular formula is C90H120BrCl4N5O23P6. The van der Waals surface area contributed by atoms with Gasteiger partial charge < -0.3 is 62.4 Å². The number of rotatable bonds is 37. The van der Waals surface area contributed by atoms with Gasteiger partial charge in [-0.25, -0.2) is 29.5 Å². The molecule has 0 saturated heterocycles. The van der Waals surface area contributed by atoms with Crippen LogP contribution < -0.4 is 34.0 Å². The molecule has 7 N–H and O–H groups in total. The first kappa shape index (κ1) is 117. The van der Waals surface area contributed by atoms with Crippen LogP contribution in [0.4, 0.5) is 0 Å². The van der Waals surface area contributed by atoms with Crippen molar-refractivity contribution in [1.29, 1.82) is 0 Å². The predicted molar refractivity (Wildman–Crippen MR) is 521 cm³/mol. The number of halogens is 5. The quantitative estimate of drug-likeness (QED) is 0.00692. The minimum Gasteiger partial charge on any atom is -0.508 e. The lowest BCUT2D eigenvalue weighted by atomic mass is 10.1. The molecule has 10 atom stereocenters. The highest BCUT2D eigenvalue weighted by Gasteiger charge is 2.38. The van der Waals surface area contributed by atoms with Gasteiger partial charge in [-0.2, -0.15) is 0 Å². The van der Waals surface area contributed by atoms with Crippen molar-refractivity contribution in [3.8, 4) is 40.2 Å². The fourth-order valence-corrected chi connectivity index (χ4v) is 15.8. The summed E-state index contributed by atoms with van der Waals surface area (Å²) in [6.45, 7) is 13.2. The smallest absolute Gasteiger partial charge is 0.333 e. The number of ether oxygens (including phenoxy) is 5. The Hall–Kier alpha value is -8.25. The molecule has 708 valence electrons. The molecule has 0 fully saturated rings. The van der Waals surface area contributed by atoms with Crippen LogP contribution in [0.15, 0.2) is 255 Å². The van der Waals surface area contributed by atoms with Gasteiger partial charge in [-0.3, -0.25) is 41.8 Å². The van der Waals surface area contributed by atoms with Gasteiger partial charge in [0.2, 0.25) is 12.5 Å². The third kappa shape index (κ3) is 53.8. The van der Waals surface area contributed by atoms with E-state index in [2.05, 4.69) is 33.3 Å². The zero-order valence-corrected chi connectivity index (χ0v) is 84.6. The molecule has 0 aliphatic rings. The van der Waals surface area contributed by atoms with Crippen molar-refractivity contribution in [2.24, 2.45) is 5.50 Å². The topological polar surface area (TPSA) is 388 Å². The SMILES string of the molecule is CCCCOC(=O)C(Br)Cc1ccccc1.CCCCOC(=O)C(Cc1ccccc1)NP(C)(=O)Oc1ccccc1.CCOC(=O)C(Cc1ccc(O)cc1)NC.CCOC(=O)C(c1ccc(O)cc1)N(C)P(C)(=O)Cl.CCOC(=O)C(c1ccc(O)cc1)N(C)P(C)(=O)Oc1ccccc1.CP(=O)(Cl)Cl.CP(=O)(Cl)Oc1ccccc1.CP(N)(=O)Oc1ccccc1. The summed E-state index contributed by atoms with van der Waals surface area (Å²) in [6.07, 6.45) is 5.31. The molecule has 0 spiro atoms. The Labute approximate surface area is 786 Å². The van der Waals surface area contributed by atoms with Gasteiger partial charge in [-0.05, 0) is 232 Å². The molecule has 9 aromatic rings. The second-order valence-electron chi connectivity index (χ2n) is 28.1. The maximum absolute atomic E-state index is 13.1. The lowest BCUT2D eigenvalue weighted by Crippen LogP contribution is -2.39. The molecule has 9 rings (SSSR count). The van der Waals surface area contributed by atoms with Gasteiger partial charge in [0.1, 0.15) is 69.2 Å². The summed E-state index contributed by atoms with van der Waals surface area (Å²) in [5.74, 6) is -2.19. The average Bonchev–Trinajstić information content (AvgIpc) is 0.797. The van der Waals surface area contributed by atoms with E-state index >= 15 is 0 Å². The van der Waals surface area contributed by atoms with Crippen molar-refractivity contribution < 1.29 is 108 Å². The fourth-order valence-electron chi connectivity index (χ4n) is 10.4. The van der Waals surface area contributed by atoms with Crippen molar-refractivity contribution in [3.63, 3.8) is 0 Å². The Morgan fingerprint density at radius 2 is 0.698 bits per heavy atom. The Bertz CT molecular complexity index is 4930. The van der Waals surface area contributed by atoms with E-state index in [1.54, 1.807) is 180 Å². The van der Waals surface area contributed by atoms with Crippen LogP contribution in [0, 0.1) is 0 Å². The maximum atomic E-state index is 13.1. The first-order valence-corrected chi connectivity index (χ1v) is 57.6. The Balaban J connectivity index is 0.000000514. The van der Waals surface area contributed by atoms with Crippen molar-refractivity contribution in [1.82, 2.24) is 19.7 Å². The number of nitrogens with zero attached hydrogens (tertiary/aromatic N) is 2. The average molecular weight is 2050 g/mol. The minimum absolute atomic E-state index is 0.0780. The number of esters is 5. The van der Waals surface area contributed by atoms with Gasteiger partial charge in [0.15, 0.2) is 0 Å². The van der Waals surface area contributed by atoms with Crippen molar-refractivity contribution in [2.45, 2.75) is 109 Å². The van der Waals surface area contributed by atoms with Crippen LogP contribution in [0.2, 0.25) is 0 Å². The van der Waals surface area contributed by atoms with Crippen LogP contribution in [0.25, 0.3) is 0 Å². The number of nitrogens with one attached hydrogen (secondary N) is 2. The predicted octanol–water partition coefficient (Wildman–Crippen LogP) is 22.9. The largest absolute Gasteiger partial charge is 0.508 e. The second-order valence-corrected chi connectivity index (χ2v) is 49.2. The number of nitrogens with two attached hydrogens (primary N) is 1. The lowest BCUT2D eigenvalue weighted by Gasteiger charge is -2.31. The van der Waals surface area contributed by atoms with Crippen molar-refractivity contribution in [3.05, 3.63) is 283 Å². The van der Waals surface area contributed by atoms with E-state index in [4.69, 9.17) is 97.4 Å². The number of hydrogen-bond donors (Lipinski definition) is 6. The Kier molecular flexibility index (Phi) is 56.3. The number of likely N-dealkylation sites (N-methyl/N-ethyl adjacent to an activating group) is 3. The molecule has 0 amide bonds. The van der Waals surface area contributed by atoms with Crippen LogP contribution in [-0.2, 0) is 94.3 Å². The molecule has 0 saturated carbocycles. The van der Waals surface area contributed by atoms with Gasteiger partial charge in [0, 0.05) is 40.0 Å². The Morgan fingerprint density at radius 3 is 1.05 bits per heavy atom. The highest BCUT2D eigenvalue weighted by molar-refractivity contribution is 9.10. The monoisotopic (exact) mass is 2040 g/mol. The van der Waals surface area contributed by atoms with E-state index < -0.39 is 77.8 Å². The zero-order chi connectivity index (χ0) is 96.8. The van der Waals surface area contributed by atoms with Crippen molar-refractivity contribution in [2.75, 3.05) is 94.2 Å². The second kappa shape index (κ2) is 62.2. The van der Waals surface area contributed by atoms with Crippen molar-refractivity contribution >= 4 is 133 Å². The summed E-state index contributed by atoms with van der Waals surface area (Å²) in [4.78, 5) is 59.8. The summed E-state index contributed by atoms with van der Waals surface area (Å²) >= 11 is 24.3. The van der Waals surface area contributed by atoms with E-state index in [0.717, 1.165) is 42.4 Å². The third-order valence-electron chi connectivity index (χ3n) is 16.7. The fraction of sp³-hybridized carbons (Fsp3) is 0.344. The standard InChI is InChI=1S/C20H26NO4P.C18H22NO5P.C13H17BrO2.C12H17ClNO4P.C12H17NO3.C7H8ClO2P.C7H10NO2P.CH3Cl2OP/c1-3-4-15-24-20(22)19(16-17-11-7-5-8-12-17)21-26(2,23)25-18-13-9-6-10-14-18;1-4-23-18(21)17(14-10-12-15(20)13-11-14)19(2)25(3,22)24-16-8-6-5-7-9-16;1-2-3-9-16-13(15)12(14)10-11-7-5-4-6-8-11;1-4-18-12(16)11(14(2)19(3,13)17)9-5-7-10(15)8-6-9;1-3-16-12(15)11(13-2)8-9-4-6-10(14)7-5-9;2*1-11(8,9)10-7-5-3-2-4-6-7;1-5(2,3)4/h5-14,19H,3-4,15-16H2,1-2H3,(H,21,23);5-13,17,20H,4H2,1-3H3;4-8,12H,2-3,9-10H2,1H3;5-8,11,15H,4H2,1-3H3;4-7,11,13-14H,3,8H2,1-2H3;2-6H,1H3;2-6H,1H3,(H2,8,9);1H3. The lowest BCUT2D eigenvalue weighted by molar-refractivity contribution is -0.148. The normalized spacial score (nSPS) is 14.1. The molecule has 9 aromatic carbocycles. The number of aromatic hydroxyl groups is 3. The highest BCUT2D eigenvalue weighted by atomic mass is 79.9. The number of alkyl halides is 1. The molecule has 0 aromatic heterocycles. The molecule has 10 unspecified atom stereocenters. The molecule has 129 heavy (non-hydrogen) atoms. The first-order chi connectivity index (χ1) is 60.7. The molecule has 0 aliphatic heterocycles. The first-order valence-electron chi connectivity index (χ1n) is 40.5. The van der Waals surface area contributed by atoms with Crippen LogP contribution >= 0.6 is 103 Å². The number of carbonyl (C=O) groups is 5. The molecule has 0 heterocycles. The van der Waals surface area contributed by atoms with Gasteiger partial charge in [-0.15, -0.1) is 0 Å². The van der Waals surface area contributed by atoms with E-state index in [1.807, 2.05) is 91.9 Å². The summed E-state index contributed by atoms with van der Waals surface area (Å²) in [5, 5.41) is 33.7. The van der Waals surface area contributed by atoms with E-state index in [1.165, 1.54) is 80.6 Å².